The number of rotatable bonds is 7. The van der Waals surface area contributed by atoms with Gasteiger partial charge in [0.15, 0.2) is 0 Å². The van der Waals surface area contributed by atoms with Crippen LogP contribution in [0.5, 0.6) is 17.2 Å². The summed E-state index contributed by atoms with van der Waals surface area (Å²) in [5.74, 6) is -0.290. The molecule has 1 atom stereocenters. The van der Waals surface area contributed by atoms with Crippen molar-refractivity contribution in [3.05, 3.63) is 77.8 Å². The van der Waals surface area contributed by atoms with Crippen molar-refractivity contribution in [3.63, 3.8) is 0 Å². The zero-order valence-corrected chi connectivity index (χ0v) is 18.4. The molecule has 170 valence electrons. The summed E-state index contributed by atoms with van der Waals surface area (Å²) in [6.45, 7) is 2.37. The van der Waals surface area contributed by atoms with E-state index >= 15 is 0 Å². The van der Waals surface area contributed by atoms with Crippen LogP contribution >= 0.6 is 0 Å². The third-order valence-corrected chi connectivity index (χ3v) is 5.34. The Morgan fingerprint density at radius 3 is 2.36 bits per heavy atom. The van der Waals surface area contributed by atoms with Crippen molar-refractivity contribution in [1.29, 1.82) is 0 Å². The number of anilines is 1. The summed E-state index contributed by atoms with van der Waals surface area (Å²) in [4.78, 5) is 27.6. The molecule has 33 heavy (non-hydrogen) atoms. The van der Waals surface area contributed by atoms with Gasteiger partial charge in [-0.1, -0.05) is 0 Å². The highest BCUT2D eigenvalue weighted by molar-refractivity contribution is 6.51. The number of ether oxygens (including phenoxy) is 3. The van der Waals surface area contributed by atoms with Crippen LogP contribution in [0, 0.1) is 0 Å². The van der Waals surface area contributed by atoms with E-state index in [1.54, 1.807) is 48.5 Å². The Hall–Kier alpha value is -4.20. The summed E-state index contributed by atoms with van der Waals surface area (Å²) < 4.78 is 21.7. The fraction of sp³-hybridized carbons (Fsp3) is 0.200. The number of amides is 1. The van der Waals surface area contributed by atoms with Gasteiger partial charge in [-0.2, -0.15) is 0 Å². The van der Waals surface area contributed by atoms with Crippen LogP contribution in [0.1, 0.15) is 24.3 Å². The van der Waals surface area contributed by atoms with Crippen LogP contribution in [0.25, 0.3) is 5.76 Å². The Morgan fingerprint density at radius 1 is 1.03 bits per heavy atom. The highest BCUT2D eigenvalue weighted by Crippen LogP contribution is 2.44. The molecule has 1 aliphatic rings. The van der Waals surface area contributed by atoms with E-state index in [1.807, 2.05) is 6.92 Å². The second kappa shape index (κ2) is 9.12. The largest absolute Gasteiger partial charge is 0.507 e. The number of nitrogens with zero attached hydrogens (tertiary/aromatic N) is 1. The summed E-state index contributed by atoms with van der Waals surface area (Å²) in [5.41, 5.74) is 0.562. The standard InChI is InChI=1S/C25H23NO7/c1-4-32-16-9-7-15(8-10-16)26-22(20-6-5-13-33-20)21(24(28)25(26)29)23(27)18-14-17(30-2)11-12-19(18)31-3/h5-14,22,27H,4H2,1-3H3/b23-21-. The topological polar surface area (TPSA) is 98.4 Å². The third kappa shape index (κ3) is 3.91. The molecule has 0 saturated carbocycles. The van der Waals surface area contributed by atoms with E-state index in [0.717, 1.165) is 0 Å². The van der Waals surface area contributed by atoms with E-state index < -0.39 is 17.7 Å². The lowest BCUT2D eigenvalue weighted by Gasteiger charge is -2.23. The Balaban J connectivity index is 1.90. The fourth-order valence-corrected chi connectivity index (χ4v) is 3.83. The van der Waals surface area contributed by atoms with E-state index in [-0.39, 0.29) is 16.9 Å². The van der Waals surface area contributed by atoms with Gasteiger partial charge >= 0.3 is 0 Å². The zero-order valence-electron chi connectivity index (χ0n) is 18.4. The van der Waals surface area contributed by atoms with Crippen molar-refractivity contribution in [3.8, 4) is 17.2 Å². The Kier molecular flexibility index (Phi) is 6.08. The van der Waals surface area contributed by atoms with Crippen LogP contribution in [0.2, 0.25) is 0 Å². The van der Waals surface area contributed by atoms with Gasteiger partial charge in [-0.3, -0.25) is 14.5 Å². The minimum Gasteiger partial charge on any atom is -0.507 e. The number of benzene rings is 2. The molecule has 0 bridgehead atoms. The molecule has 1 fully saturated rings. The number of ketones is 1. The number of aliphatic hydroxyl groups is 1. The number of carbonyl (C=O) groups excluding carboxylic acids is 2. The van der Waals surface area contributed by atoms with Gasteiger partial charge in [0.05, 0.1) is 38.2 Å². The maximum Gasteiger partial charge on any atom is 0.300 e. The first-order chi connectivity index (χ1) is 16.0. The maximum atomic E-state index is 13.2. The SMILES string of the molecule is CCOc1ccc(N2C(=O)C(=O)/C(=C(\O)c3cc(OC)ccc3OC)C2c2ccco2)cc1. The van der Waals surface area contributed by atoms with Gasteiger partial charge in [0, 0.05) is 5.69 Å². The lowest BCUT2D eigenvalue weighted by molar-refractivity contribution is -0.132. The minimum absolute atomic E-state index is 0.115. The Bertz CT molecular complexity index is 1200. The quantitative estimate of drug-likeness (QED) is 0.326. The molecule has 0 aliphatic carbocycles. The maximum absolute atomic E-state index is 13.2. The molecule has 1 aliphatic heterocycles. The second-order valence-electron chi connectivity index (χ2n) is 7.18. The predicted octanol–water partition coefficient (Wildman–Crippen LogP) is 4.32. The van der Waals surface area contributed by atoms with Gasteiger partial charge in [0.1, 0.15) is 34.8 Å². The average molecular weight is 449 g/mol. The van der Waals surface area contributed by atoms with Crippen molar-refractivity contribution in [1.82, 2.24) is 0 Å². The monoisotopic (exact) mass is 449 g/mol. The minimum atomic E-state index is -0.978. The van der Waals surface area contributed by atoms with Crippen molar-refractivity contribution < 1.29 is 33.3 Å². The number of methoxy groups -OCH3 is 2. The summed E-state index contributed by atoms with van der Waals surface area (Å²) in [7, 11) is 2.93. The molecule has 2 heterocycles. The molecule has 1 N–H and O–H groups in total. The van der Waals surface area contributed by atoms with Gasteiger partial charge < -0.3 is 23.7 Å². The normalized spacial score (nSPS) is 17.3. The van der Waals surface area contributed by atoms with Gasteiger partial charge in [-0.15, -0.1) is 0 Å². The first kappa shape index (κ1) is 22.0. The molecule has 1 amide bonds. The summed E-state index contributed by atoms with van der Waals surface area (Å²) in [5, 5.41) is 11.3. The molecule has 0 spiro atoms. The average Bonchev–Trinajstić information content (AvgIpc) is 3.46. The molecule has 8 heteroatoms. The molecular formula is C25H23NO7. The van der Waals surface area contributed by atoms with Crippen molar-refractivity contribution in [2.45, 2.75) is 13.0 Å². The summed E-state index contributed by atoms with van der Waals surface area (Å²) >= 11 is 0. The predicted molar refractivity (Wildman–Crippen MR) is 121 cm³/mol. The van der Waals surface area contributed by atoms with E-state index in [4.69, 9.17) is 18.6 Å². The van der Waals surface area contributed by atoms with Crippen LogP contribution in [-0.2, 0) is 9.59 Å². The molecule has 3 aromatic rings. The van der Waals surface area contributed by atoms with Crippen molar-refractivity contribution in [2.75, 3.05) is 25.7 Å². The van der Waals surface area contributed by atoms with Crippen LogP contribution < -0.4 is 19.1 Å². The molecular weight excluding hydrogens is 426 g/mol. The number of hydrogen-bond donors (Lipinski definition) is 1. The Labute approximate surface area is 190 Å². The molecule has 4 rings (SSSR count). The second-order valence-corrected chi connectivity index (χ2v) is 7.18. The van der Waals surface area contributed by atoms with Crippen LogP contribution in [0.4, 0.5) is 5.69 Å². The number of carbonyl (C=O) groups is 2. The summed E-state index contributed by atoms with van der Waals surface area (Å²) in [6, 6.07) is 13.9. The van der Waals surface area contributed by atoms with E-state index in [0.29, 0.717) is 35.3 Å². The Morgan fingerprint density at radius 2 is 1.76 bits per heavy atom. The number of furan rings is 1. The summed E-state index contributed by atoms with van der Waals surface area (Å²) in [6.07, 6.45) is 1.44. The molecule has 0 radical (unpaired) electrons. The van der Waals surface area contributed by atoms with Crippen LogP contribution in [0.3, 0.4) is 0 Å². The number of hydrogen-bond acceptors (Lipinski definition) is 7. The number of aliphatic hydroxyl groups excluding tert-OH is 1. The molecule has 1 unspecified atom stereocenters. The van der Waals surface area contributed by atoms with E-state index in [9.17, 15) is 14.7 Å². The molecule has 2 aromatic carbocycles. The molecule has 8 nitrogen and oxygen atoms in total. The highest BCUT2D eigenvalue weighted by Gasteiger charge is 2.48. The van der Waals surface area contributed by atoms with E-state index in [2.05, 4.69) is 0 Å². The van der Waals surface area contributed by atoms with Crippen molar-refractivity contribution in [2.24, 2.45) is 0 Å². The lowest BCUT2D eigenvalue weighted by atomic mass is 9.98. The van der Waals surface area contributed by atoms with Gasteiger partial charge in [-0.05, 0) is 61.5 Å². The first-order valence-corrected chi connectivity index (χ1v) is 10.3. The first-order valence-electron chi connectivity index (χ1n) is 10.3. The molecule has 1 aromatic heterocycles. The van der Waals surface area contributed by atoms with Crippen LogP contribution in [0.15, 0.2) is 70.9 Å². The number of Topliss-reactive ketones (excluding diaryl/α,β-unsaturated/α-hetero) is 1. The van der Waals surface area contributed by atoms with Gasteiger partial charge in [-0.25, -0.2) is 0 Å². The van der Waals surface area contributed by atoms with Gasteiger partial charge in [0.2, 0.25) is 0 Å². The van der Waals surface area contributed by atoms with Gasteiger partial charge in [0.25, 0.3) is 11.7 Å². The van der Waals surface area contributed by atoms with Crippen LogP contribution in [-0.4, -0.2) is 37.6 Å². The van der Waals surface area contributed by atoms with E-state index in [1.165, 1.54) is 31.4 Å². The highest BCUT2D eigenvalue weighted by atomic mass is 16.5. The smallest absolute Gasteiger partial charge is 0.300 e. The lowest BCUT2D eigenvalue weighted by Crippen LogP contribution is -2.29. The zero-order chi connectivity index (χ0) is 23.5. The third-order valence-electron chi connectivity index (χ3n) is 5.34. The van der Waals surface area contributed by atoms with Crippen molar-refractivity contribution >= 4 is 23.1 Å². The fourth-order valence-electron chi connectivity index (χ4n) is 3.83. The molecule has 1 saturated heterocycles.